The molecule has 5 heterocycles. The molecular weight excluding hydrogens is 320 g/mol. The number of fused-ring (bicyclic) bond motifs is 1. The largest absolute Gasteiger partial charge is 0.380 e. The van der Waals surface area contributed by atoms with E-state index >= 15 is 0 Å². The Morgan fingerprint density at radius 2 is 1.92 bits per heavy atom. The first-order valence-electron chi connectivity index (χ1n) is 9.84. The Morgan fingerprint density at radius 3 is 2.77 bits per heavy atom. The van der Waals surface area contributed by atoms with Crippen molar-refractivity contribution in [2.24, 2.45) is 17.8 Å². The van der Waals surface area contributed by atoms with Crippen molar-refractivity contribution in [2.45, 2.75) is 18.9 Å². The highest BCUT2D eigenvalue weighted by Gasteiger charge is 2.47. The highest BCUT2D eigenvalue weighted by Crippen LogP contribution is 2.44. The molecule has 4 aliphatic rings. The zero-order valence-electron chi connectivity index (χ0n) is 14.9. The van der Waals surface area contributed by atoms with Crippen LogP contribution in [0.25, 0.3) is 22.0 Å². The van der Waals surface area contributed by atoms with E-state index in [0.717, 1.165) is 17.8 Å². The lowest BCUT2D eigenvalue weighted by atomic mass is 9.65. The van der Waals surface area contributed by atoms with Gasteiger partial charge in [-0.1, -0.05) is 12.1 Å². The lowest BCUT2D eigenvalue weighted by Gasteiger charge is -2.56. The second-order valence-corrected chi connectivity index (χ2v) is 8.45. The van der Waals surface area contributed by atoms with Crippen molar-refractivity contribution in [3.63, 3.8) is 0 Å². The van der Waals surface area contributed by atoms with Crippen LogP contribution in [-0.2, 0) is 0 Å². The molecule has 1 saturated carbocycles. The molecule has 0 unspecified atom stereocenters. The van der Waals surface area contributed by atoms with Crippen molar-refractivity contribution in [1.82, 2.24) is 14.9 Å². The summed E-state index contributed by atoms with van der Waals surface area (Å²) in [7, 11) is 0. The highest BCUT2D eigenvalue weighted by atomic mass is 15.2. The van der Waals surface area contributed by atoms with Gasteiger partial charge in [-0.3, -0.25) is 4.98 Å². The molecule has 4 heteroatoms. The number of nitrogens with one attached hydrogen (secondary N) is 2. The molecule has 1 aliphatic carbocycles. The van der Waals surface area contributed by atoms with Crippen LogP contribution in [0.3, 0.4) is 0 Å². The summed E-state index contributed by atoms with van der Waals surface area (Å²) in [6.07, 6.45) is 8.79. The van der Waals surface area contributed by atoms with Crippen molar-refractivity contribution < 1.29 is 0 Å². The summed E-state index contributed by atoms with van der Waals surface area (Å²) in [4.78, 5) is 10.5. The molecule has 3 saturated heterocycles. The predicted molar refractivity (Wildman–Crippen MR) is 105 cm³/mol. The first-order valence-corrected chi connectivity index (χ1v) is 9.84. The third kappa shape index (κ3) is 2.28. The number of anilines is 1. The normalized spacial score (nSPS) is 32.2. The molecule has 4 fully saturated rings. The van der Waals surface area contributed by atoms with Crippen LogP contribution in [0, 0.1) is 17.8 Å². The number of hydrogen-bond acceptors (Lipinski definition) is 3. The van der Waals surface area contributed by atoms with Gasteiger partial charge in [0.2, 0.25) is 0 Å². The minimum absolute atomic E-state index is 0.614. The molecular formula is C22H24N4. The molecule has 0 radical (unpaired) electrons. The average molecular weight is 344 g/mol. The fraction of sp³-hybridized carbons (Fsp3) is 0.409. The molecule has 3 aromatic rings. The van der Waals surface area contributed by atoms with E-state index in [1.165, 1.54) is 60.2 Å². The van der Waals surface area contributed by atoms with Crippen LogP contribution >= 0.6 is 0 Å². The summed E-state index contributed by atoms with van der Waals surface area (Å²) >= 11 is 0. The van der Waals surface area contributed by atoms with Crippen LogP contribution in [0.4, 0.5) is 5.69 Å². The quantitative estimate of drug-likeness (QED) is 0.755. The van der Waals surface area contributed by atoms with Crippen molar-refractivity contribution in [2.75, 3.05) is 25.0 Å². The fourth-order valence-electron chi connectivity index (χ4n) is 5.84. The number of aromatic nitrogens is 2. The summed E-state index contributed by atoms with van der Waals surface area (Å²) in [5.41, 5.74) is 4.78. The van der Waals surface area contributed by atoms with Crippen molar-refractivity contribution in [3.8, 4) is 11.1 Å². The highest BCUT2D eigenvalue weighted by molar-refractivity contribution is 5.95. The van der Waals surface area contributed by atoms with Crippen molar-refractivity contribution in [1.29, 1.82) is 0 Å². The second kappa shape index (κ2) is 5.58. The number of piperidine rings is 3. The van der Waals surface area contributed by atoms with E-state index in [2.05, 4.69) is 50.5 Å². The van der Waals surface area contributed by atoms with E-state index in [-0.39, 0.29) is 0 Å². The molecule has 0 amide bonds. The van der Waals surface area contributed by atoms with Gasteiger partial charge in [-0.2, -0.15) is 0 Å². The minimum Gasteiger partial charge on any atom is -0.380 e. The molecule has 132 valence electrons. The maximum atomic E-state index is 4.55. The average Bonchev–Trinajstić information content (AvgIpc) is 3.13. The molecule has 2 aromatic heterocycles. The van der Waals surface area contributed by atoms with E-state index in [0.29, 0.717) is 6.04 Å². The summed E-state index contributed by atoms with van der Waals surface area (Å²) in [5, 5.41) is 5.14. The molecule has 26 heavy (non-hydrogen) atoms. The Labute approximate surface area is 153 Å². The molecule has 1 aromatic carbocycles. The molecule has 4 nitrogen and oxygen atoms in total. The van der Waals surface area contributed by atoms with Crippen molar-refractivity contribution >= 4 is 16.6 Å². The zero-order chi connectivity index (χ0) is 17.1. The van der Waals surface area contributed by atoms with Gasteiger partial charge in [-0.05, 0) is 54.4 Å². The predicted octanol–water partition coefficient (Wildman–Crippen LogP) is 3.98. The summed E-state index contributed by atoms with van der Waals surface area (Å²) in [5.74, 6) is 2.55. The number of aromatic amines is 1. The van der Waals surface area contributed by atoms with Crippen LogP contribution < -0.4 is 5.32 Å². The lowest BCUT2D eigenvalue weighted by molar-refractivity contribution is -0.0269. The van der Waals surface area contributed by atoms with E-state index in [9.17, 15) is 0 Å². The van der Waals surface area contributed by atoms with E-state index in [4.69, 9.17) is 0 Å². The van der Waals surface area contributed by atoms with Gasteiger partial charge >= 0.3 is 0 Å². The summed E-state index contributed by atoms with van der Waals surface area (Å²) in [6, 6.07) is 11.5. The molecule has 3 aliphatic heterocycles. The third-order valence-electron chi connectivity index (χ3n) is 6.77. The Kier molecular flexibility index (Phi) is 3.18. The maximum Gasteiger partial charge on any atom is 0.0535 e. The van der Waals surface area contributed by atoms with Crippen LogP contribution in [-0.4, -0.2) is 40.5 Å². The van der Waals surface area contributed by atoms with Gasteiger partial charge in [0.25, 0.3) is 0 Å². The molecule has 2 atom stereocenters. The van der Waals surface area contributed by atoms with Crippen LogP contribution in [0.2, 0.25) is 0 Å². The number of H-pyrrole nitrogens is 1. The first-order chi connectivity index (χ1) is 12.8. The number of hydrogen-bond donors (Lipinski definition) is 2. The number of nitrogens with zero attached hydrogens (tertiary/aromatic N) is 2. The smallest absolute Gasteiger partial charge is 0.0535 e. The summed E-state index contributed by atoms with van der Waals surface area (Å²) < 4.78 is 0. The fourth-order valence-corrected chi connectivity index (χ4v) is 5.84. The van der Waals surface area contributed by atoms with E-state index in [1.807, 2.05) is 18.6 Å². The Bertz CT molecular complexity index is 931. The van der Waals surface area contributed by atoms with E-state index in [1.54, 1.807) is 0 Å². The van der Waals surface area contributed by atoms with Crippen LogP contribution in [0.15, 0.2) is 48.9 Å². The zero-order valence-corrected chi connectivity index (χ0v) is 14.9. The summed E-state index contributed by atoms with van der Waals surface area (Å²) in [6.45, 7) is 3.90. The first kappa shape index (κ1) is 14.8. The van der Waals surface area contributed by atoms with Gasteiger partial charge in [0.1, 0.15) is 0 Å². The van der Waals surface area contributed by atoms with Crippen molar-refractivity contribution in [3.05, 3.63) is 48.9 Å². The van der Waals surface area contributed by atoms with Crippen LogP contribution in [0.1, 0.15) is 12.8 Å². The Morgan fingerprint density at radius 1 is 1.04 bits per heavy atom. The molecule has 0 spiro atoms. The monoisotopic (exact) mass is 344 g/mol. The molecule has 4 bridgehead atoms. The molecule has 2 N–H and O–H groups in total. The van der Waals surface area contributed by atoms with Gasteiger partial charge in [0.15, 0.2) is 0 Å². The number of rotatable bonds is 3. The minimum atomic E-state index is 0.614. The van der Waals surface area contributed by atoms with Gasteiger partial charge in [0, 0.05) is 60.7 Å². The topological polar surface area (TPSA) is 44.0 Å². The Balaban J connectivity index is 1.32. The standard InChI is InChI=1S/C22H24N4/c1-2-19(20-4-5-24-21(20)3-1)15-8-18(10-23-9-15)25-22-16-6-14-7-17(22)13-26(11-14)12-16/h1-5,8-10,14,16-17,22,24-25H,6-7,11-13H2/t14?,16-,17-,22?/m0/s1. The molecule has 7 rings (SSSR count). The van der Waals surface area contributed by atoms with Gasteiger partial charge in [0.05, 0.1) is 5.69 Å². The Hall–Kier alpha value is -2.33. The van der Waals surface area contributed by atoms with E-state index < -0.39 is 0 Å². The lowest BCUT2D eigenvalue weighted by Crippen LogP contribution is -2.62. The third-order valence-corrected chi connectivity index (χ3v) is 6.77. The SMILES string of the molecule is c1cc(-c2cncc(NC3[C@H]4CC5C[C@H]3CN(C5)C4)c2)c2cc[nH]c2c1. The van der Waals surface area contributed by atoms with Gasteiger partial charge < -0.3 is 15.2 Å². The van der Waals surface area contributed by atoms with Gasteiger partial charge in [-0.25, -0.2) is 0 Å². The number of benzene rings is 1. The number of pyridine rings is 1. The van der Waals surface area contributed by atoms with Crippen LogP contribution in [0.5, 0.6) is 0 Å². The second-order valence-electron chi connectivity index (χ2n) is 8.45. The van der Waals surface area contributed by atoms with Gasteiger partial charge in [-0.15, -0.1) is 0 Å². The maximum absolute atomic E-state index is 4.55.